The van der Waals surface area contributed by atoms with Gasteiger partial charge in [-0.15, -0.1) is 0 Å². The minimum Gasteiger partial charge on any atom is -0.361 e. The number of benzene rings is 2. The van der Waals surface area contributed by atoms with Crippen molar-refractivity contribution in [1.82, 2.24) is 4.98 Å². The maximum absolute atomic E-state index is 3.63. The van der Waals surface area contributed by atoms with Crippen molar-refractivity contribution >= 4 is 42.8 Å². The van der Waals surface area contributed by atoms with Crippen LogP contribution >= 0.6 is 31.9 Å². The average molecular weight is 351 g/mol. The van der Waals surface area contributed by atoms with Crippen LogP contribution in [0.3, 0.4) is 0 Å². The summed E-state index contributed by atoms with van der Waals surface area (Å²) in [6.07, 6.45) is 1.97. The van der Waals surface area contributed by atoms with E-state index in [4.69, 9.17) is 0 Å². The fourth-order valence-corrected chi connectivity index (χ4v) is 3.06. The van der Waals surface area contributed by atoms with E-state index in [9.17, 15) is 0 Å². The molecule has 0 aliphatic rings. The summed E-state index contributed by atoms with van der Waals surface area (Å²) >= 11 is 7.24. The van der Waals surface area contributed by atoms with E-state index in [0.717, 1.165) is 14.5 Å². The van der Waals surface area contributed by atoms with Crippen LogP contribution in [-0.2, 0) is 0 Å². The van der Waals surface area contributed by atoms with E-state index in [1.807, 2.05) is 18.3 Å². The number of nitrogens with one attached hydrogen (secondary N) is 1. The minimum absolute atomic E-state index is 1.10. The first kappa shape index (κ1) is 11.1. The summed E-state index contributed by atoms with van der Waals surface area (Å²) in [4.78, 5) is 3.30. The highest BCUT2D eigenvalue weighted by Gasteiger charge is 2.11. The zero-order chi connectivity index (χ0) is 11.8. The lowest BCUT2D eigenvalue weighted by Gasteiger charge is -2.08. The lowest BCUT2D eigenvalue weighted by molar-refractivity contribution is 1.46. The maximum atomic E-state index is 3.63. The SMILES string of the molecule is Brc1ccccc1-c1c(Br)ccc2cc[nH]c12. The zero-order valence-corrected chi connectivity index (χ0v) is 12.0. The average Bonchev–Trinajstić information content (AvgIpc) is 2.79. The van der Waals surface area contributed by atoms with Crippen molar-refractivity contribution in [3.8, 4) is 11.1 Å². The molecule has 0 aliphatic carbocycles. The standard InChI is InChI=1S/C14H9Br2N/c15-11-4-2-1-3-10(11)13-12(16)6-5-9-7-8-17-14(9)13/h1-8,17H. The third-order valence-electron chi connectivity index (χ3n) is 2.82. The quantitative estimate of drug-likeness (QED) is 0.608. The number of aromatic nitrogens is 1. The van der Waals surface area contributed by atoms with Gasteiger partial charge in [0.05, 0.1) is 5.52 Å². The van der Waals surface area contributed by atoms with Gasteiger partial charge in [0.15, 0.2) is 0 Å². The Bertz CT molecular complexity index is 686. The summed E-state index contributed by atoms with van der Waals surface area (Å²) in [6, 6.07) is 14.5. The molecule has 0 saturated carbocycles. The van der Waals surface area contributed by atoms with Crippen molar-refractivity contribution in [2.45, 2.75) is 0 Å². The number of halogens is 2. The van der Waals surface area contributed by atoms with Gasteiger partial charge in [0.25, 0.3) is 0 Å². The molecule has 1 aromatic heterocycles. The number of aromatic amines is 1. The first-order chi connectivity index (χ1) is 8.27. The first-order valence-corrected chi connectivity index (χ1v) is 6.86. The van der Waals surface area contributed by atoms with Crippen LogP contribution in [0.25, 0.3) is 22.0 Å². The Labute approximate surface area is 116 Å². The van der Waals surface area contributed by atoms with Crippen LogP contribution in [0, 0.1) is 0 Å². The highest BCUT2D eigenvalue weighted by Crippen LogP contribution is 2.38. The van der Waals surface area contributed by atoms with E-state index < -0.39 is 0 Å². The summed E-state index contributed by atoms with van der Waals surface area (Å²) in [6.45, 7) is 0. The van der Waals surface area contributed by atoms with Gasteiger partial charge in [0.1, 0.15) is 0 Å². The molecule has 1 nitrogen and oxygen atoms in total. The molecule has 2 aromatic carbocycles. The molecule has 0 radical (unpaired) electrons. The van der Waals surface area contributed by atoms with Gasteiger partial charge in [-0.3, -0.25) is 0 Å². The molecule has 0 amide bonds. The lowest BCUT2D eigenvalue weighted by atomic mass is 10.0. The largest absolute Gasteiger partial charge is 0.361 e. The van der Waals surface area contributed by atoms with E-state index in [0.29, 0.717) is 0 Å². The number of fused-ring (bicyclic) bond motifs is 1. The Kier molecular flexibility index (Phi) is 2.81. The second kappa shape index (κ2) is 4.31. The lowest BCUT2D eigenvalue weighted by Crippen LogP contribution is -1.84. The molecule has 1 N–H and O–H groups in total. The van der Waals surface area contributed by atoms with Crippen molar-refractivity contribution in [2.75, 3.05) is 0 Å². The number of rotatable bonds is 1. The van der Waals surface area contributed by atoms with Crippen molar-refractivity contribution in [3.63, 3.8) is 0 Å². The highest BCUT2D eigenvalue weighted by molar-refractivity contribution is 9.11. The van der Waals surface area contributed by atoms with Gasteiger partial charge in [0.2, 0.25) is 0 Å². The molecular formula is C14H9Br2N. The topological polar surface area (TPSA) is 15.8 Å². The monoisotopic (exact) mass is 349 g/mol. The predicted octanol–water partition coefficient (Wildman–Crippen LogP) is 5.36. The maximum Gasteiger partial charge on any atom is 0.0545 e. The number of H-pyrrole nitrogens is 1. The van der Waals surface area contributed by atoms with Crippen LogP contribution < -0.4 is 0 Å². The Morgan fingerprint density at radius 3 is 2.47 bits per heavy atom. The third-order valence-corrected chi connectivity index (χ3v) is 4.17. The third kappa shape index (κ3) is 1.83. The molecule has 3 aromatic rings. The Morgan fingerprint density at radius 2 is 1.65 bits per heavy atom. The molecule has 3 rings (SSSR count). The van der Waals surface area contributed by atoms with Gasteiger partial charge in [0, 0.05) is 26.1 Å². The number of hydrogen-bond donors (Lipinski definition) is 1. The van der Waals surface area contributed by atoms with Gasteiger partial charge in [-0.25, -0.2) is 0 Å². The van der Waals surface area contributed by atoms with Gasteiger partial charge in [-0.05, 0) is 23.8 Å². The normalized spacial score (nSPS) is 10.9. The van der Waals surface area contributed by atoms with Gasteiger partial charge < -0.3 is 4.98 Å². The zero-order valence-electron chi connectivity index (χ0n) is 8.87. The fourth-order valence-electron chi connectivity index (χ4n) is 2.03. The second-order valence-corrected chi connectivity index (χ2v) is 5.55. The Balaban J connectivity index is 2.40. The molecule has 0 spiro atoms. The Hall–Kier alpha value is -1.06. The minimum atomic E-state index is 1.10. The van der Waals surface area contributed by atoms with Crippen LogP contribution in [-0.4, -0.2) is 4.98 Å². The van der Waals surface area contributed by atoms with Crippen molar-refractivity contribution in [1.29, 1.82) is 0 Å². The van der Waals surface area contributed by atoms with Crippen LogP contribution in [0.4, 0.5) is 0 Å². The van der Waals surface area contributed by atoms with Crippen LogP contribution in [0.15, 0.2) is 57.6 Å². The molecular weight excluding hydrogens is 342 g/mol. The molecule has 0 fully saturated rings. The van der Waals surface area contributed by atoms with Crippen LogP contribution in [0.1, 0.15) is 0 Å². The highest BCUT2D eigenvalue weighted by atomic mass is 79.9. The summed E-state index contributed by atoms with van der Waals surface area (Å²) in [7, 11) is 0. The van der Waals surface area contributed by atoms with E-state index in [-0.39, 0.29) is 0 Å². The molecule has 0 saturated heterocycles. The molecule has 17 heavy (non-hydrogen) atoms. The molecule has 1 heterocycles. The van der Waals surface area contributed by atoms with Gasteiger partial charge in [-0.2, -0.15) is 0 Å². The van der Waals surface area contributed by atoms with E-state index in [1.165, 1.54) is 16.5 Å². The van der Waals surface area contributed by atoms with Crippen LogP contribution in [0.2, 0.25) is 0 Å². The summed E-state index contributed by atoms with van der Waals surface area (Å²) < 4.78 is 2.20. The first-order valence-electron chi connectivity index (χ1n) is 5.28. The van der Waals surface area contributed by atoms with Gasteiger partial charge in [-0.1, -0.05) is 56.1 Å². The van der Waals surface area contributed by atoms with Crippen molar-refractivity contribution < 1.29 is 0 Å². The van der Waals surface area contributed by atoms with E-state index in [2.05, 4.69) is 67.2 Å². The smallest absolute Gasteiger partial charge is 0.0545 e. The Morgan fingerprint density at radius 1 is 0.824 bits per heavy atom. The van der Waals surface area contributed by atoms with Crippen LogP contribution in [0.5, 0.6) is 0 Å². The number of hydrogen-bond acceptors (Lipinski definition) is 0. The summed E-state index contributed by atoms with van der Waals surface area (Å²) in [5.74, 6) is 0. The molecule has 0 aliphatic heterocycles. The van der Waals surface area contributed by atoms with Crippen molar-refractivity contribution in [2.24, 2.45) is 0 Å². The molecule has 0 atom stereocenters. The van der Waals surface area contributed by atoms with Crippen molar-refractivity contribution in [3.05, 3.63) is 57.6 Å². The molecule has 3 heteroatoms. The van der Waals surface area contributed by atoms with E-state index in [1.54, 1.807) is 0 Å². The summed E-state index contributed by atoms with van der Waals surface area (Å²) in [5.41, 5.74) is 3.54. The molecule has 0 bridgehead atoms. The molecule has 84 valence electrons. The molecule has 0 unspecified atom stereocenters. The second-order valence-electron chi connectivity index (χ2n) is 3.84. The predicted molar refractivity (Wildman–Crippen MR) is 79.1 cm³/mol. The van der Waals surface area contributed by atoms with Gasteiger partial charge >= 0.3 is 0 Å². The fraction of sp³-hybridized carbons (Fsp3) is 0. The summed E-state index contributed by atoms with van der Waals surface area (Å²) in [5, 5.41) is 1.22. The van der Waals surface area contributed by atoms with E-state index >= 15 is 0 Å².